The van der Waals surface area contributed by atoms with Crippen molar-refractivity contribution < 1.29 is 9.13 Å². The predicted octanol–water partition coefficient (Wildman–Crippen LogP) is 3.39. The summed E-state index contributed by atoms with van der Waals surface area (Å²) in [7, 11) is 0. The number of fused-ring (bicyclic) bond motifs is 1. The Bertz CT molecular complexity index is 444. The van der Waals surface area contributed by atoms with E-state index in [0.717, 1.165) is 24.6 Å². The molecule has 1 atom stereocenters. The average molecular weight is 263 g/mol. The van der Waals surface area contributed by atoms with Gasteiger partial charge in [0, 0.05) is 12.1 Å². The molecule has 0 radical (unpaired) electrons. The fraction of sp³-hybridized carbons (Fsp3) is 0.625. The lowest BCUT2D eigenvalue weighted by Crippen LogP contribution is -2.51. The van der Waals surface area contributed by atoms with Crippen LogP contribution in [0.4, 0.5) is 4.39 Å². The lowest BCUT2D eigenvalue weighted by atomic mass is 9.88. The number of para-hydroxylation sites is 1. The van der Waals surface area contributed by atoms with Gasteiger partial charge in [0.1, 0.15) is 6.61 Å². The molecular weight excluding hydrogens is 241 g/mol. The molecule has 0 spiro atoms. The van der Waals surface area contributed by atoms with Crippen molar-refractivity contribution in [3.05, 3.63) is 29.6 Å². The van der Waals surface area contributed by atoms with Gasteiger partial charge < -0.3 is 4.74 Å². The molecule has 1 aliphatic carbocycles. The van der Waals surface area contributed by atoms with Crippen LogP contribution in [0.25, 0.3) is 0 Å². The molecule has 3 heteroatoms. The van der Waals surface area contributed by atoms with Crippen LogP contribution in [0.5, 0.6) is 5.75 Å². The third-order valence-corrected chi connectivity index (χ3v) is 4.42. The van der Waals surface area contributed by atoms with E-state index in [4.69, 9.17) is 4.74 Å². The highest BCUT2D eigenvalue weighted by Gasteiger charge is 2.33. The minimum atomic E-state index is -0.221. The van der Waals surface area contributed by atoms with Crippen LogP contribution in [0, 0.1) is 5.82 Å². The molecule has 0 unspecified atom stereocenters. The van der Waals surface area contributed by atoms with E-state index < -0.39 is 0 Å². The van der Waals surface area contributed by atoms with E-state index in [-0.39, 0.29) is 5.82 Å². The quantitative estimate of drug-likeness (QED) is 0.825. The summed E-state index contributed by atoms with van der Waals surface area (Å²) in [5.41, 5.74) is 1.02. The van der Waals surface area contributed by atoms with Crippen LogP contribution >= 0.6 is 0 Å². The maximum atomic E-state index is 13.6. The first-order chi connectivity index (χ1) is 9.29. The highest BCUT2D eigenvalue weighted by molar-refractivity contribution is 5.37. The van der Waals surface area contributed by atoms with Crippen molar-refractivity contribution >= 4 is 0 Å². The van der Waals surface area contributed by atoms with Crippen LogP contribution in [0.2, 0.25) is 0 Å². The van der Waals surface area contributed by atoms with Crippen molar-refractivity contribution in [3.63, 3.8) is 0 Å². The number of hydrogen-bond donors (Lipinski definition) is 0. The maximum Gasteiger partial charge on any atom is 0.165 e. The summed E-state index contributed by atoms with van der Waals surface area (Å²) < 4.78 is 19.3. The van der Waals surface area contributed by atoms with Crippen LogP contribution in [-0.2, 0) is 6.42 Å². The Morgan fingerprint density at radius 1 is 1.32 bits per heavy atom. The zero-order valence-corrected chi connectivity index (χ0v) is 11.6. The molecule has 1 heterocycles. The van der Waals surface area contributed by atoms with Crippen molar-refractivity contribution in [2.24, 2.45) is 0 Å². The predicted molar refractivity (Wildman–Crippen MR) is 74.0 cm³/mol. The zero-order chi connectivity index (χ0) is 13.2. The molecule has 0 aromatic heterocycles. The van der Waals surface area contributed by atoms with E-state index in [0.29, 0.717) is 18.4 Å². The molecule has 0 saturated heterocycles. The van der Waals surface area contributed by atoms with E-state index in [1.165, 1.54) is 31.7 Å². The van der Waals surface area contributed by atoms with Crippen LogP contribution in [0.3, 0.4) is 0 Å². The molecule has 2 aliphatic rings. The van der Waals surface area contributed by atoms with Gasteiger partial charge in [-0.2, -0.15) is 0 Å². The minimum absolute atomic E-state index is 0.221. The molecule has 0 N–H and O–H groups in total. The van der Waals surface area contributed by atoms with Gasteiger partial charge in [-0.15, -0.1) is 0 Å². The Morgan fingerprint density at radius 2 is 2.16 bits per heavy atom. The second-order valence-corrected chi connectivity index (χ2v) is 5.72. The molecule has 104 valence electrons. The lowest BCUT2D eigenvalue weighted by Gasteiger charge is -2.44. The van der Waals surface area contributed by atoms with Crippen molar-refractivity contribution in [1.82, 2.24) is 4.90 Å². The Kier molecular flexibility index (Phi) is 3.74. The number of nitrogens with zero attached hydrogens (tertiary/aromatic N) is 1. The van der Waals surface area contributed by atoms with Gasteiger partial charge >= 0.3 is 0 Å². The van der Waals surface area contributed by atoms with E-state index in [9.17, 15) is 4.39 Å². The fourth-order valence-electron chi connectivity index (χ4n) is 3.22. The summed E-state index contributed by atoms with van der Waals surface area (Å²) in [5.74, 6) is 0.255. The van der Waals surface area contributed by atoms with E-state index in [1.54, 1.807) is 6.07 Å². The van der Waals surface area contributed by atoms with E-state index >= 15 is 0 Å². The highest BCUT2D eigenvalue weighted by atomic mass is 19.1. The average Bonchev–Trinajstić information content (AvgIpc) is 2.36. The SMILES string of the molecule is CCCN(C1CCC1)[C@@H]1COc2c(F)cccc2C1. The highest BCUT2D eigenvalue weighted by Crippen LogP contribution is 2.33. The molecule has 2 nitrogen and oxygen atoms in total. The molecule has 1 aromatic rings. The van der Waals surface area contributed by atoms with E-state index in [1.807, 2.05) is 6.07 Å². The summed E-state index contributed by atoms with van der Waals surface area (Å²) >= 11 is 0. The summed E-state index contributed by atoms with van der Waals surface area (Å²) in [6.45, 7) is 3.98. The van der Waals surface area contributed by atoms with Crippen LogP contribution in [0.15, 0.2) is 18.2 Å². The fourth-order valence-corrected chi connectivity index (χ4v) is 3.22. The van der Waals surface area contributed by atoms with Crippen molar-refractivity contribution in [1.29, 1.82) is 0 Å². The minimum Gasteiger partial charge on any atom is -0.489 e. The van der Waals surface area contributed by atoms with Gasteiger partial charge in [0.2, 0.25) is 0 Å². The number of ether oxygens (including phenoxy) is 1. The molecule has 1 saturated carbocycles. The number of halogens is 1. The Labute approximate surface area is 114 Å². The summed E-state index contributed by atoms with van der Waals surface area (Å²) in [6.07, 6.45) is 6.06. The Hall–Kier alpha value is -1.09. The molecule has 1 aromatic carbocycles. The van der Waals surface area contributed by atoms with Gasteiger partial charge in [-0.1, -0.05) is 25.5 Å². The second-order valence-electron chi connectivity index (χ2n) is 5.72. The number of benzene rings is 1. The first-order valence-corrected chi connectivity index (χ1v) is 7.45. The first kappa shape index (κ1) is 12.9. The van der Waals surface area contributed by atoms with Crippen LogP contribution < -0.4 is 4.74 Å². The lowest BCUT2D eigenvalue weighted by molar-refractivity contribution is 0.0434. The molecule has 0 bridgehead atoms. The van der Waals surface area contributed by atoms with Gasteiger partial charge in [-0.05, 0) is 43.9 Å². The molecule has 3 rings (SSSR count). The monoisotopic (exact) mass is 263 g/mol. The van der Waals surface area contributed by atoms with Gasteiger partial charge in [0.15, 0.2) is 11.6 Å². The van der Waals surface area contributed by atoms with Crippen molar-refractivity contribution in [2.75, 3.05) is 13.2 Å². The summed E-state index contributed by atoms with van der Waals surface area (Å²) in [5, 5.41) is 0. The molecule has 0 amide bonds. The topological polar surface area (TPSA) is 12.5 Å². The first-order valence-electron chi connectivity index (χ1n) is 7.45. The van der Waals surface area contributed by atoms with Gasteiger partial charge in [-0.3, -0.25) is 4.90 Å². The normalized spacial score (nSPS) is 22.8. The van der Waals surface area contributed by atoms with Crippen LogP contribution in [-0.4, -0.2) is 30.1 Å². The molecule has 1 aliphatic heterocycles. The third kappa shape index (κ3) is 2.48. The summed E-state index contributed by atoms with van der Waals surface area (Å²) in [6, 6.07) is 6.40. The van der Waals surface area contributed by atoms with Crippen molar-refractivity contribution in [3.8, 4) is 5.75 Å². The van der Waals surface area contributed by atoms with Crippen molar-refractivity contribution in [2.45, 2.75) is 51.1 Å². The molecule has 1 fully saturated rings. The van der Waals surface area contributed by atoms with E-state index in [2.05, 4.69) is 11.8 Å². The Morgan fingerprint density at radius 3 is 2.84 bits per heavy atom. The zero-order valence-electron chi connectivity index (χ0n) is 11.6. The Balaban J connectivity index is 1.76. The largest absolute Gasteiger partial charge is 0.489 e. The number of hydrogen-bond acceptors (Lipinski definition) is 2. The summed E-state index contributed by atoms with van der Waals surface area (Å²) in [4.78, 5) is 2.59. The maximum absolute atomic E-state index is 13.6. The standard InChI is InChI=1S/C16H22FNO/c1-2-9-18(13-6-4-7-13)14-10-12-5-3-8-15(17)16(12)19-11-14/h3,5,8,13-14H,2,4,6-7,9-11H2,1H3/t14-/m0/s1. The second kappa shape index (κ2) is 5.49. The third-order valence-electron chi connectivity index (χ3n) is 4.42. The molecular formula is C16H22FNO. The van der Waals surface area contributed by atoms with Crippen LogP contribution in [0.1, 0.15) is 38.2 Å². The van der Waals surface area contributed by atoms with Gasteiger partial charge in [-0.25, -0.2) is 4.39 Å². The van der Waals surface area contributed by atoms with Gasteiger partial charge in [0.05, 0.1) is 0 Å². The molecule has 19 heavy (non-hydrogen) atoms. The smallest absolute Gasteiger partial charge is 0.165 e. The number of rotatable bonds is 4. The van der Waals surface area contributed by atoms with Gasteiger partial charge in [0.25, 0.3) is 0 Å².